The number of benzene rings is 3. The maximum atomic E-state index is 14.2. The Hall–Kier alpha value is -4.86. The lowest BCUT2D eigenvalue weighted by Crippen LogP contribution is -2.30. The van der Waals surface area contributed by atoms with Crippen molar-refractivity contribution in [3.05, 3.63) is 83.2 Å². The highest BCUT2D eigenvalue weighted by atomic mass is 19.1. The predicted octanol–water partition coefficient (Wildman–Crippen LogP) is 4.44. The van der Waals surface area contributed by atoms with Gasteiger partial charge in [0, 0.05) is 0 Å². The molecule has 10 heteroatoms. The number of halogens is 1. The third-order valence-corrected chi connectivity index (χ3v) is 6.07. The van der Waals surface area contributed by atoms with Crippen LogP contribution in [0.2, 0.25) is 0 Å². The van der Waals surface area contributed by atoms with Gasteiger partial charge in [-0.15, -0.1) is 0 Å². The van der Waals surface area contributed by atoms with Gasteiger partial charge in [-0.25, -0.2) is 9.37 Å². The number of aliphatic hydroxyl groups is 1. The van der Waals surface area contributed by atoms with E-state index in [1.54, 1.807) is 31.2 Å². The molecule has 37 heavy (non-hydrogen) atoms. The second-order valence-corrected chi connectivity index (χ2v) is 8.25. The molecular weight excluding hydrogens is 481 g/mol. The third kappa shape index (κ3) is 4.02. The highest BCUT2D eigenvalue weighted by molar-refractivity contribution is 6.51. The van der Waals surface area contributed by atoms with Crippen molar-refractivity contribution in [1.82, 2.24) is 9.97 Å². The number of anilines is 1. The van der Waals surface area contributed by atoms with Crippen LogP contribution >= 0.6 is 0 Å². The molecule has 3 aromatic carbocycles. The number of aromatic hydroxyl groups is 1. The van der Waals surface area contributed by atoms with E-state index < -0.39 is 29.3 Å². The quantitative estimate of drug-likeness (QED) is 0.202. The Morgan fingerprint density at radius 2 is 1.89 bits per heavy atom. The molecule has 188 valence electrons. The average Bonchev–Trinajstić information content (AvgIpc) is 3.43. The number of ether oxygens (including phenoxy) is 2. The van der Waals surface area contributed by atoms with Crippen LogP contribution in [0.5, 0.6) is 17.2 Å². The maximum absolute atomic E-state index is 14.2. The fourth-order valence-corrected chi connectivity index (χ4v) is 4.40. The van der Waals surface area contributed by atoms with Crippen molar-refractivity contribution in [2.45, 2.75) is 13.0 Å². The van der Waals surface area contributed by atoms with Gasteiger partial charge in [-0.05, 0) is 55.0 Å². The van der Waals surface area contributed by atoms with Gasteiger partial charge in [0.25, 0.3) is 5.78 Å². The molecule has 0 spiro atoms. The van der Waals surface area contributed by atoms with Gasteiger partial charge >= 0.3 is 5.91 Å². The molecule has 0 aliphatic carbocycles. The topological polar surface area (TPSA) is 125 Å². The Kier molecular flexibility index (Phi) is 6.00. The summed E-state index contributed by atoms with van der Waals surface area (Å²) < 4.78 is 24.9. The summed E-state index contributed by atoms with van der Waals surface area (Å²) in [4.78, 5) is 35.4. The van der Waals surface area contributed by atoms with Crippen LogP contribution in [0, 0.1) is 5.82 Å². The molecule has 0 bridgehead atoms. The summed E-state index contributed by atoms with van der Waals surface area (Å²) in [6, 6.07) is 13.7. The fourth-order valence-electron chi connectivity index (χ4n) is 4.40. The van der Waals surface area contributed by atoms with E-state index in [2.05, 4.69) is 9.97 Å². The molecule has 9 nitrogen and oxygen atoms in total. The number of aliphatic hydroxyl groups excluding tert-OH is 1. The number of imidazole rings is 1. The molecule has 3 N–H and O–H groups in total. The number of amides is 1. The SMILES string of the molecule is CCOc1cc(C2/C(=C(\O)c3cc(F)ccc3OC)C(=O)C(=O)N2c2nc3ccccc3[nH]2)ccc1O. The van der Waals surface area contributed by atoms with Crippen molar-refractivity contribution in [3.8, 4) is 17.2 Å². The minimum absolute atomic E-state index is 0.0737. The van der Waals surface area contributed by atoms with Crippen LogP contribution in [-0.2, 0) is 9.59 Å². The first-order valence-corrected chi connectivity index (χ1v) is 11.4. The third-order valence-electron chi connectivity index (χ3n) is 6.07. The van der Waals surface area contributed by atoms with Crippen molar-refractivity contribution in [3.63, 3.8) is 0 Å². The lowest BCUT2D eigenvalue weighted by atomic mass is 9.94. The van der Waals surface area contributed by atoms with Crippen molar-refractivity contribution < 1.29 is 33.7 Å². The second-order valence-electron chi connectivity index (χ2n) is 8.25. The summed E-state index contributed by atoms with van der Waals surface area (Å²) in [5, 5.41) is 21.6. The van der Waals surface area contributed by atoms with Gasteiger partial charge in [-0.2, -0.15) is 0 Å². The number of hydrogen-bond donors (Lipinski definition) is 3. The molecule has 1 unspecified atom stereocenters. The summed E-state index contributed by atoms with van der Waals surface area (Å²) in [6.45, 7) is 1.99. The molecule has 1 aliphatic heterocycles. The molecule has 1 amide bonds. The lowest BCUT2D eigenvalue weighted by Gasteiger charge is -2.24. The van der Waals surface area contributed by atoms with Gasteiger partial charge in [-0.1, -0.05) is 18.2 Å². The number of Topliss-reactive ketones (excluding diaryl/α,β-unsaturated/α-hetero) is 1. The molecule has 1 aliphatic rings. The number of fused-ring (bicyclic) bond motifs is 1. The zero-order chi connectivity index (χ0) is 26.3. The van der Waals surface area contributed by atoms with Crippen molar-refractivity contribution >= 4 is 34.4 Å². The van der Waals surface area contributed by atoms with Crippen LogP contribution < -0.4 is 14.4 Å². The number of rotatable bonds is 6. The van der Waals surface area contributed by atoms with E-state index in [0.29, 0.717) is 16.6 Å². The van der Waals surface area contributed by atoms with Crippen molar-refractivity contribution in [2.75, 3.05) is 18.6 Å². The van der Waals surface area contributed by atoms with E-state index >= 15 is 0 Å². The number of aromatic nitrogens is 2. The minimum atomic E-state index is -1.19. The van der Waals surface area contributed by atoms with Crippen LogP contribution in [0.1, 0.15) is 24.1 Å². The van der Waals surface area contributed by atoms with Crippen LogP contribution in [0.25, 0.3) is 16.8 Å². The summed E-state index contributed by atoms with van der Waals surface area (Å²) in [5.74, 6) is -3.08. The number of phenolic OH excluding ortho intramolecular Hbond substituents is 1. The van der Waals surface area contributed by atoms with E-state index in [0.717, 1.165) is 17.0 Å². The molecule has 1 saturated heterocycles. The van der Waals surface area contributed by atoms with E-state index in [1.165, 1.54) is 31.4 Å². The van der Waals surface area contributed by atoms with Crippen LogP contribution in [0.4, 0.5) is 10.3 Å². The molecule has 4 aromatic rings. The Labute approximate surface area is 210 Å². The second kappa shape index (κ2) is 9.30. The van der Waals surface area contributed by atoms with Gasteiger partial charge < -0.3 is 24.7 Å². The zero-order valence-corrected chi connectivity index (χ0v) is 19.9. The number of para-hydroxylation sites is 2. The molecule has 2 heterocycles. The number of ketones is 1. The molecular formula is C27H22FN3O6. The predicted molar refractivity (Wildman–Crippen MR) is 133 cm³/mol. The van der Waals surface area contributed by atoms with Gasteiger partial charge in [-0.3, -0.25) is 14.5 Å². The standard InChI is InChI=1S/C27H22FN3O6/c1-3-37-21-12-14(8-10-19(21)32)23-22(24(33)16-13-15(28)9-11-20(16)36-2)25(34)26(35)31(23)27-29-17-6-4-5-7-18(17)30-27/h4-13,23,32-33H,3H2,1-2H3,(H,29,30)/b24-22+. The first kappa shape index (κ1) is 23.9. The summed E-state index contributed by atoms with van der Waals surface area (Å²) in [6.07, 6.45) is 0. The first-order chi connectivity index (χ1) is 17.8. The number of nitrogens with zero attached hydrogens (tertiary/aromatic N) is 2. The molecule has 5 rings (SSSR count). The number of hydrogen-bond acceptors (Lipinski definition) is 7. The van der Waals surface area contributed by atoms with Gasteiger partial charge in [0.2, 0.25) is 5.95 Å². The monoisotopic (exact) mass is 503 g/mol. The smallest absolute Gasteiger partial charge is 0.302 e. The highest BCUT2D eigenvalue weighted by Gasteiger charge is 2.48. The summed E-state index contributed by atoms with van der Waals surface area (Å²) in [5.41, 5.74) is 1.13. The van der Waals surface area contributed by atoms with E-state index in [4.69, 9.17) is 9.47 Å². The first-order valence-electron chi connectivity index (χ1n) is 11.4. The number of H-pyrrole nitrogens is 1. The molecule has 1 atom stereocenters. The minimum Gasteiger partial charge on any atom is -0.507 e. The lowest BCUT2D eigenvalue weighted by molar-refractivity contribution is -0.132. The molecule has 0 saturated carbocycles. The molecule has 1 aromatic heterocycles. The number of nitrogens with one attached hydrogen (secondary N) is 1. The van der Waals surface area contributed by atoms with Crippen LogP contribution in [-0.4, -0.2) is 45.6 Å². The normalized spacial score (nSPS) is 16.9. The maximum Gasteiger partial charge on any atom is 0.302 e. The zero-order valence-electron chi connectivity index (χ0n) is 19.9. The molecule has 1 fully saturated rings. The fraction of sp³-hybridized carbons (Fsp3) is 0.148. The number of aromatic amines is 1. The highest BCUT2D eigenvalue weighted by Crippen LogP contribution is 2.44. The van der Waals surface area contributed by atoms with Crippen LogP contribution in [0.3, 0.4) is 0 Å². The average molecular weight is 503 g/mol. The Morgan fingerprint density at radius 1 is 1.11 bits per heavy atom. The number of carbonyl (C=O) groups excluding carboxylic acids is 2. The Bertz CT molecular complexity index is 1540. The van der Waals surface area contributed by atoms with Crippen molar-refractivity contribution in [1.29, 1.82) is 0 Å². The van der Waals surface area contributed by atoms with Crippen molar-refractivity contribution in [2.24, 2.45) is 0 Å². The van der Waals surface area contributed by atoms with Gasteiger partial charge in [0.1, 0.15) is 17.3 Å². The number of carbonyl (C=O) groups is 2. The Balaban J connectivity index is 1.77. The molecule has 0 radical (unpaired) electrons. The number of methoxy groups -OCH3 is 1. The Morgan fingerprint density at radius 3 is 2.62 bits per heavy atom. The summed E-state index contributed by atoms with van der Waals surface area (Å²) in [7, 11) is 1.34. The van der Waals surface area contributed by atoms with Crippen LogP contribution in [0.15, 0.2) is 66.2 Å². The van der Waals surface area contributed by atoms with Gasteiger partial charge in [0.15, 0.2) is 11.5 Å². The largest absolute Gasteiger partial charge is 0.507 e. The van der Waals surface area contributed by atoms with E-state index in [1.807, 2.05) is 0 Å². The van der Waals surface area contributed by atoms with E-state index in [9.17, 15) is 24.2 Å². The van der Waals surface area contributed by atoms with E-state index in [-0.39, 0.29) is 40.9 Å². The number of phenols is 1. The summed E-state index contributed by atoms with van der Waals surface area (Å²) >= 11 is 0. The van der Waals surface area contributed by atoms with Gasteiger partial charge in [0.05, 0.1) is 41.9 Å².